The lowest BCUT2D eigenvalue weighted by molar-refractivity contribution is 0.305. The molecule has 5 nitrogen and oxygen atoms in total. The maximum atomic E-state index is 5.48. The van der Waals surface area contributed by atoms with Gasteiger partial charge in [-0.3, -0.25) is 0 Å². The van der Waals surface area contributed by atoms with E-state index in [1.54, 1.807) is 0 Å². The van der Waals surface area contributed by atoms with Crippen LogP contribution in [0, 0.1) is 5.92 Å². The summed E-state index contributed by atoms with van der Waals surface area (Å²) in [4.78, 5) is 8.88. The fourth-order valence-electron chi connectivity index (χ4n) is 1.79. The Labute approximate surface area is 157 Å². The van der Waals surface area contributed by atoms with E-state index in [0.717, 1.165) is 37.5 Å². The summed E-state index contributed by atoms with van der Waals surface area (Å²) < 4.78 is 5.48. The van der Waals surface area contributed by atoms with Crippen molar-refractivity contribution in [2.24, 2.45) is 10.9 Å². The Bertz CT molecular complexity index is 435. The molecule has 0 saturated heterocycles. The monoisotopic (exact) mass is 434 g/mol. The second kappa shape index (κ2) is 13.4. The minimum Gasteiger partial charge on any atom is -0.478 e. The lowest BCUT2D eigenvalue weighted by Crippen LogP contribution is -2.38. The minimum atomic E-state index is 0. The van der Waals surface area contributed by atoms with E-state index >= 15 is 0 Å². The molecule has 132 valence electrons. The number of pyridine rings is 1. The van der Waals surface area contributed by atoms with E-state index in [-0.39, 0.29) is 24.0 Å². The van der Waals surface area contributed by atoms with Gasteiger partial charge in [0.15, 0.2) is 5.96 Å². The van der Waals surface area contributed by atoms with Crippen molar-refractivity contribution >= 4 is 29.9 Å². The average molecular weight is 434 g/mol. The highest BCUT2D eigenvalue weighted by Crippen LogP contribution is 2.08. The maximum Gasteiger partial charge on any atom is 0.213 e. The summed E-state index contributed by atoms with van der Waals surface area (Å²) in [6.45, 7) is 11.7. The molecule has 0 spiro atoms. The Hall–Kier alpha value is -1.05. The maximum absolute atomic E-state index is 5.48. The molecule has 0 radical (unpaired) electrons. The molecular formula is C17H31IN4O. The van der Waals surface area contributed by atoms with Crippen LogP contribution in [0.1, 0.15) is 46.1 Å². The van der Waals surface area contributed by atoms with Crippen molar-refractivity contribution < 1.29 is 4.74 Å². The molecule has 0 bridgehead atoms. The summed E-state index contributed by atoms with van der Waals surface area (Å²) in [5, 5.41) is 6.62. The molecule has 1 rings (SSSR count). The molecule has 0 aliphatic carbocycles. The summed E-state index contributed by atoms with van der Waals surface area (Å²) in [6, 6.07) is 3.92. The lowest BCUT2D eigenvalue weighted by atomic mass is 10.1. The van der Waals surface area contributed by atoms with Crippen LogP contribution < -0.4 is 15.4 Å². The van der Waals surface area contributed by atoms with Crippen LogP contribution in [0.4, 0.5) is 0 Å². The quantitative estimate of drug-likeness (QED) is 0.354. The van der Waals surface area contributed by atoms with E-state index < -0.39 is 0 Å². The third-order valence-corrected chi connectivity index (χ3v) is 3.03. The van der Waals surface area contributed by atoms with Gasteiger partial charge in [0.2, 0.25) is 5.88 Å². The molecule has 0 aliphatic heterocycles. The highest BCUT2D eigenvalue weighted by Gasteiger charge is 2.00. The molecule has 1 aromatic heterocycles. The van der Waals surface area contributed by atoms with Gasteiger partial charge in [-0.05, 0) is 31.2 Å². The molecule has 0 aromatic carbocycles. The molecule has 0 fully saturated rings. The molecule has 2 N–H and O–H groups in total. The average Bonchev–Trinajstić information content (AvgIpc) is 2.51. The van der Waals surface area contributed by atoms with Gasteiger partial charge in [-0.25, -0.2) is 9.98 Å². The van der Waals surface area contributed by atoms with Crippen LogP contribution in [0.2, 0.25) is 0 Å². The second-order valence-electron chi connectivity index (χ2n) is 5.66. The molecule has 0 amide bonds. The third-order valence-electron chi connectivity index (χ3n) is 3.03. The molecule has 6 heteroatoms. The molecule has 23 heavy (non-hydrogen) atoms. The Morgan fingerprint density at radius 3 is 2.61 bits per heavy atom. The van der Waals surface area contributed by atoms with Gasteiger partial charge in [0.05, 0.1) is 13.2 Å². The molecule has 0 aliphatic rings. The van der Waals surface area contributed by atoms with E-state index in [4.69, 9.17) is 4.74 Å². The molecule has 0 saturated carbocycles. The number of hydrogen-bond acceptors (Lipinski definition) is 3. The summed E-state index contributed by atoms with van der Waals surface area (Å²) >= 11 is 0. The van der Waals surface area contributed by atoms with Gasteiger partial charge < -0.3 is 15.4 Å². The van der Waals surface area contributed by atoms with Gasteiger partial charge in [-0.2, -0.15) is 0 Å². The van der Waals surface area contributed by atoms with Crippen LogP contribution in [0.15, 0.2) is 23.3 Å². The normalized spacial score (nSPS) is 11.1. The Kier molecular flexibility index (Phi) is 12.8. The first-order valence-electron chi connectivity index (χ1n) is 8.25. The number of nitrogens with one attached hydrogen (secondary N) is 2. The zero-order valence-corrected chi connectivity index (χ0v) is 17.1. The fraction of sp³-hybridized carbons (Fsp3) is 0.647. The third kappa shape index (κ3) is 10.4. The lowest BCUT2D eigenvalue weighted by Gasteiger charge is -2.12. The first-order valence-corrected chi connectivity index (χ1v) is 8.25. The zero-order chi connectivity index (χ0) is 16.2. The van der Waals surface area contributed by atoms with Gasteiger partial charge in [-0.1, -0.05) is 26.8 Å². The van der Waals surface area contributed by atoms with Crippen molar-refractivity contribution in [3.8, 4) is 5.88 Å². The SMILES string of the molecule is CCCOc1ccc(CN=C(NCC)NCCC(C)C)cn1.I. The molecule has 1 heterocycles. The number of halogens is 1. The Balaban J connectivity index is 0.00000484. The molecule has 1 aromatic rings. The number of aromatic nitrogens is 1. The molecule has 0 atom stereocenters. The zero-order valence-electron chi connectivity index (χ0n) is 14.8. The van der Waals surface area contributed by atoms with Crippen LogP contribution in [-0.4, -0.2) is 30.6 Å². The van der Waals surface area contributed by atoms with E-state index in [2.05, 4.69) is 48.3 Å². The van der Waals surface area contributed by atoms with Crippen LogP contribution in [0.3, 0.4) is 0 Å². The first-order chi connectivity index (χ1) is 10.7. The van der Waals surface area contributed by atoms with Gasteiger partial charge in [0.25, 0.3) is 0 Å². The number of guanidine groups is 1. The number of ether oxygens (including phenoxy) is 1. The van der Waals surface area contributed by atoms with E-state index in [0.29, 0.717) is 24.9 Å². The van der Waals surface area contributed by atoms with Crippen LogP contribution in [-0.2, 0) is 6.54 Å². The topological polar surface area (TPSA) is 58.5 Å². The molecular weight excluding hydrogens is 403 g/mol. The van der Waals surface area contributed by atoms with Crippen molar-refractivity contribution in [1.29, 1.82) is 0 Å². The largest absolute Gasteiger partial charge is 0.478 e. The molecule has 0 unspecified atom stereocenters. The second-order valence-corrected chi connectivity index (χ2v) is 5.66. The van der Waals surface area contributed by atoms with E-state index in [9.17, 15) is 0 Å². The van der Waals surface area contributed by atoms with Gasteiger partial charge in [-0.15, -0.1) is 24.0 Å². The van der Waals surface area contributed by atoms with Gasteiger partial charge in [0, 0.05) is 25.4 Å². The van der Waals surface area contributed by atoms with E-state index in [1.165, 1.54) is 0 Å². The van der Waals surface area contributed by atoms with Gasteiger partial charge >= 0.3 is 0 Å². The Morgan fingerprint density at radius 1 is 1.26 bits per heavy atom. The van der Waals surface area contributed by atoms with Gasteiger partial charge in [0.1, 0.15) is 0 Å². The number of hydrogen-bond donors (Lipinski definition) is 2. The van der Waals surface area contributed by atoms with Crippen LogP contribution in [0.25, 0.3) is 0 Å². The van der Waals surface area contributed by atoms with Crippen molar-refractivity contribution in [3.05, 3.63) is 23.9 Å². The fourth-order valence-corrected chi connectivity index (χ4v) is 1.79. The highest BCUT2D eigenvalue weighted by atomic mass is 127. The van der Waals surface area contributed by atoms with Crippen molar-refractivity contribution in [2.75, 3.05) is 19.7 Å². The highest BCUT2D eigenvalue weighted by molar-refractivity contribution is 14.0. The van der Waals surface area contributed by atoms with E-state index in [1.807, 2.05) is 18.3 Å². The summed E-state index contributed by atoms with van der Waals surface area (Å²) in [5.74, 6) is 2.22. The summed E-state index contributed by atoms with van der Waals surface area (Å²) in [5.41, 5.74) is 1.07. The summed E-state index contributed by atoms with van der Waals surface area (Å²) in [7, 11) is 0. The Morgan fingerprint density at radius 2 is 2.04 bits per heavy atom. The number of nitrogens with zero attached hydrogens (tertiary/aromatic N) is 2. The standard InChI is InChI=1S/C17H30N4O.HI/c1-5-11-22-16-8-7-15(12-20-16)13-21-17(18-6-2)19-10-9-14(3)4;/h7-8,12,14H,5-6,9-11,13H2,1-4H3,(H2,18,19,21);1H. The van der Waals surface area contributed by atoms with Crippen LogP contribution in [0.5, 0.6) is 5.88 Å². The first kappa shape index (κ1) is 21.9. The summed E-state index contributed by atoms with van der Waals surface area (Å²) in [6.07, 6.45) is 3.95. The predicted octanol–water partition coefficient (Wildman–Crippen LogP) is 3.59. The predicted molar refractivity (Wildman–Crippen MR) is 108 cm³/mol. The smallest absolute Gasteiger partial charge is 0.213 e. The van der Waals surface area contributed by atoms with Crippen molar-refractivity contribution in [3.63, 3.8) is 0 Å². The van der Waals surface area contributed by atoms with Crippen LogP contribution >= 0.6 is 24.0 Å². The van der Waals surface area contributed by atoms with Crippen molar-refractivity contribution in [2.45, 2.75) is 47.1 Å². The number of rotatable bonds is 9. The number of aliphatic imine (C=N–C) groups is 1. The van der Waals surface area contributed by atoms with Crippen molar-refractivity contribution in [1.82, 2.24) is 15.6 Å². The minimum absolute atomic E-state index is 0.